The van der Waals surface area contributed by atoms with E-state index in [0.717, 1.165) is 36.3 Å². The quantitative estimate of drug-likeness (QED) is 0.876. The van der Waals surface area contributed by atoms with Crippen molar-refractivity contribution in [1.82, 2.24) is 9.97 Å². The Kier molecular flexibility index (Phi) is 2.88. The number of benzene rings is 1. The van der Waals surface area contributed by atoms with Crippen LogP contribution in [0.1, 0.15) is 12.8 Å². The number of fused-ring (bicyclic) bond motifs is 1. The molecular formula is C13H15N3O. The molecule has 3 rings (SSSR count). The maximum absolute atomic E-state index is 5.57. The summed E-state index contributed by atoms with van der Waals surface area (Å²) in [6.07, 6.45) is 6.11. The van der Waals surface area contributed by atoms with Gasteiger partial charge in [0.1, 0.15) is 0 Å². The van der Waals surface area contributed by atoms with Gasteiger partial charge in [-0.05, 0) is 31.0 Å². The van der Waals surface area contributed by atoms with Crippen LogP contribution in [0.3, 0.4) is 0 Å². The van der Waals surface area contributed by atoms with Crippen LogP contribution < -0.4 is 5.32 Å². The molecule has 4 nitrogen and oxygen atoms in total. The smallest absolute Gasteiger partial charge is 0.0907 e. The molecule has 2 aromatic rings. The number of aromatic nitrogens is 2. The molecule has 0 aliphatic carbocycles. The number of hydrogen-bond acceptors (Lipinski definition) is 4. The fourth-order valence-corrected chi connectivity index (χ4v) is 2.11. The molecule has 1 atom stereocenters. The molecule has 1 N–H and O–H groups in total. The van der Waals surface area contributed by atoms with Crippen molar-refractivity contribution in [2.24, 2.45) is 0 Å². The summed E-state index contributed by atoms with van der Waals surface area (Å²) < 4.78 is 5.57. The molecule has 1 saturated heterocycles. The van der Waals surface area contributed by atoms with Crippen LogP contribution in [0.4, 0.5) is 5.69 Å². The first kappa shape index (κ1) is 10.5. The summed E-state index contributed by atoms with van der Waals surface area (Å²) in [7, 11) is 0. The molecule has 0 saturated carbocycles. The Bertz CT molecular complexity index is 509. The Balaban J connectivity index is 1.72. The summed E-state index contributed by atoms with van der Waals surface area (Å²) in [5.74, 6) is 0. The number of rotatable bonds is 3. The van der Waals surface area contributed by atoms with E-state index in [1.807, 2.05) is 18.2 Å². The van der Waals surface area contributed by atoms with Gasteiger partial charge >= 0.3 is 0 Å². The van der Waals surface area contributed by atoms with Crippen LogP contribution >= 0.6 is 0 Å². The lowest BCUT2D eigenvalue weighted by Crippen LogP contribution is -2.18. The number of ether oxygens (including phenoxy) is 1. The lowest BCUT2D eigenvalue weighted by Gasteiger charge is -2.11. The van der Waals surface area contributed by atoms with Gasteiger partial charge in [-0.1, -0.05) is 0 Å². The standard InChI is InChI=1S/C13H15N3O/c1-2-11(17-7-1)9-16-10-3-4-12-13(8-10)15-6-5-14-12/h3-6,8,11,16H,1-2,7,9H2. The highest BCUT2D eigenvalue weighted by Crippen LogP contribution is 2.17. The van der Waals surface area contributed by atoms with Crippen molar-refractivity contribution in [1.29, 1.82) is 0 Å². The number of nitrogens with zero attached hydrogens (tertiary/aromatic N) is 2. The van der Waals surface area contributed by atoms with Gasteiger partial charge in [-0.25, -0.2) is 0 Å². The van der Waals surface area contributed by atoms with Crippen molar-refractivity contribution in [3.63, 3.8) is 0 Å². The highest BCUT2D eigenvalue weighted by atomic mass is 16.5. The first-order valence-electron chi connectivity index (χ1n) is 5.98. The largest absolute Gasteiger partial charge is 0.382 e. The minimum Gasteiger partial charge on any atom is -0.382 e. The van der Waals surface area contributed by atoms with E-state index in [1.54, 1.807) is 12.4 Å². The average molecular weight is 229 g/mol. The molecule has 88 valence electrons. The molecule has 1 aromatic carbocycles. The molecule has 17 heavy (non-hydrogen) atoms. The second kappa shape index (κ2) is 4.67. The van der Waals surface area contributed by atoms with Crippen molar-refractivity contribution < 1.29 is 4.74 Å². The van der Waals surface area contributed by atoms with Gasteiger partial charge in [0.05, 0.1) is 17.1 Å². The van der Waals surface area contributed by atoms with Crippen molar-refractivity contribution in [3.8, 4) is 0 Å². The van der Waals surface area contributed by atoms with Crippen LogP contribution in [-0.4, -0.2) is 29.2 Å². The Morgan fingerprint density at radius 3 is 2.94 bits per heavy atom. The fourth-order valence-electron chi connectivity index (χ4n) is 2.11. The van der Waals surface area contributed by atoms with Crippen molar-refractivity contribution in [3.05, 3.63) is 30.6 Å². The molecule has 2 heterocycles. The lowest BCUT2D eigenvalue weighted by atomic mass is 10.2. The van der Waals surface area contributed by atoms with E-state index < -0.39 is 0 Å². The van der Waals surface area contributed by atoms with Crippen LogP contribution in [0.25, 0.3) is 11.0 Å². The molecule has 0 bridgehead atoms. The summed E-state index contributed by atoms with van der Waals surface area (Å²) in [6, 6.07) is 6.05. The molecular weight excluding hydrogens is 214 g/mol. The Hall–Kier alpha value is -1.68. The number of nitrogens with one attached hydrogen (secondary N) is 1. The van der Waals surface area contributed by atoms with Gasteiger partial charge in [-0.2, -0.15) is 0 Å². The second-order valence-corrected chi connectivity index (χ2v) is 4.28. The molecule has 4 heteroatoms. The van der Waals surface area contributed by atoms with Gasteiger partial charge in [0.25, 0.3) is 0 Å². The molecule has 0 spiro atoms. The van der Waals surface area contributed by atoms with Crippen molar-refractivity contribution in [2.45, 2.75) is 18.9 Å². The Morgan fingerprint density at radius 2 is 2.12 bits per heavy atom. The van der Waals surface area contributed by atoms with Gasteiger partial charge in [0, 0.05) is 31.2 Å². The highest BCUT2D eigenvalue weighted by Gasteiger charge is 2.14. The van der Waals surface area contributed by atoms with Gasteiger partial charge in [-0.15, -0.1) is 0 Å². The third-order valence-corrected chi connectivity index (χ3v) is 3.03. The molecule has 1 aliphatic heterocycles. The number of anilines is 1. The van der Waals surface area contributed by atoms with E-state index in [4.69, 9.17) is 4.74 Å². The summed E-state index contributed by atoms with van der Waals surface area (Å²) in [5.41, 5.74) is 2.92. The van der Waals surface area contributed by atoms with E-state index in [0.29, 0.717) is 6.10 Å². The van der Waals surface area contributed by atoms with E-state index in [-0.39, 0.29) is 0 Å². The molecule has 1 aromatic heterocycles. The predicted molar refractivity (Wildman–Crippen MR) is 67.0 cm³/mol. The van der Waals surface area contributed by atoms with Gasteiger partial charge in [0.2, 0.25) is 0 Å². The molecule has 1 unspecified atom stereocenters. The van der Waals surface area contributed by atoms with Crippen LogP contribution in [0.2, 0.25) is 0 Å². The highest BCUT2D eigenvalue weighted by molar-refractivity contribution is 5.78. The summed E-state index contributed by atoms with van der Waals surface area (Å²) in [5, 5.41) is 3.39. The Morgan fingerprint density at radius 1 is 1.24 bits per heavy atom. The molecule has 0 radical (unpaired) electrons. The minimum atomic E-state index is 0.354. The first-order valence-corrected chi connectivity index (χ1v) is 5.98. The maximum Gasteiger partial charge on any atom is 0.0907 e. The summed E-state index contributed by atoms with van der Waals surface area (Å²) in [4.78, 5) is 8.53. The third-order valence-electron chi connectivity index (χ3n) is 3.03. The fraction of sp³-hybridized carbons (Fsp3) is 0.385. The second-order valence-electron chi connectivity index (χ2n) is 4.28. The topological polar surface area (TPSA) is 47.0 Å². The SMILES string of the molecule is c1cnc2cc(NCC3CCCO3)ccc2n1. The Labute approximate surface area is 100 Å². The van der Waals surface area contributed by atoms with Crippen LogP contribution in [-0.2, 0) is 4.74 Å². The lowest BCUT2D eigenvalue weighted by molar-refractivity contribution is 0.120. The molecule has 1 fully saturated rings. The van der Waals surface area contributed by atoms with Crippen LogP contribution in [0.5, 0.6) is 0 Å². The van der Waals surface area contributed by atoms with Crippen LogP contribution in [0, 0.1) is 0 Å². The monoisotopic (exact) mass is 229 g/mol. The van der Waals surface area contributed by atoms with Gasteiger partial charge in [0.15, 0.2) is 0 Å². The number of hydrogen-bond donors (Lipinski definition) is 1. The first-order chi connectivity index (χ1) is 8.42. The minimum absolute atomic E-state index is 0.354. The van der Waals surface area contributed by atoms with E-state index in [2.05, 4.69) is 15.3 Å². The summed E-state index contributed by atoms with van der Waals surface area (Å²) in [6.45, 7) is 1.77. The van der Waals surface area contributed by atoms with Gasteiger partial charge < -0.3 is 10.1 Å². The zero-order valence-corrected chi connectivity index (χ0v) is 9.60. The maximum atomic E-state index is 5.57. The van der Waals surface area contributed by atoms with E-state index in [9.17, 15) is 0 Å². The van der Waals surface area contributed by atoms with E-state index >= 15 is 0 Å². The average Bonchev–Trinajstić information content (AvgIpc) is 2.89. The predicted octanol–water partition coefficient (Wildman–Crippen LogP) is 2.22. The van der Waals surface area contributed by atoms with Crippen LogP contribution in [0.15, 0.2) is 30.6 Å². The zero-order chi connectivity index (χ0) is 11.5. The van der Waals surface area contributed by atoms with Crippen molar-refractivity contribution >= 4 is 16.7 Å². The van der Waals surface area contributed by atoms with E-state index in [1.165, 1.54) is 6.42 Å². The third kappa shape index (κ3) is 2.36. The summed E-state index contributed by atoms with van der Waals surface area (Å²) >= 11 is 0. The van der Waals surface area contributed by atoms with Gasteiger partial charge in [-0.3, -0.25) is 9.97 Å². The molecule has 0 amide bonds. The zero-order valence-electron chi connectivity index (χ0n) is 9.60. The molecule has 1 aliphatic rings. The normalized spacial score (nSPS) is 19.6. The van der Waals surface area contributed by atoms with Crippen molar-refractivity contribution in [2.75, 3.05) is 18.5 Å².